The van der Waals surface area contributed by atoms with Crippen molar-refractivity contribution in [3.05, 3.63) is 29.8 Å². The number of likely N-dealkylation sites (tertiary alicyclic amines) is 1. The van der Waals surface area contributed by atoms with Gasteiger partial charge < -0.3 is 9.84 Å². The summed E-state index contributed by atoms with van der Waals surface area (Å²) >= 11 is 0. The van der Waals surface area contributed by atoms with Gasteiger partial charge >= 0.3 is 0 Å². The smallest absolute Gasteiger partial charge is 0.235 e. The second-order valence-electron chi connectivity index (χ2n) is 6.94. The van der Waals surface area contributed by atoms with Crippen LogP contribution in [0.2, 0.25) is 0 Å². The van der Waals surface area contributed by atoms with Gasteiger partial charge in [0.25, 0.3) is 0 Å². The van der Waals surface area contributed by atoms with Crippen molar-refractivity contribution < 1.29 is 19.4 Å². The first-order chi connectivity index (χ1) is 11.5. The van der Waals surface area contributed by atoms with Gasteiger partial charge in [-0.15, -0.1) is 0 Å². The number of aryl methyl sites for hydroxylation is 1. The van der Waals surface area contributed by atoms with Gasteiger partial charge in [-0.3, -0.25) is 14.5 Å². The zero-order valence-electron chi connectivity index (χ0n) is 14.2. The molecule has 1 saturated carbocycles. The second kappa shape index (κ2) is 6.93. The average Bonchev–Trinajstić information content (AvgIpc) is 3.14. The first-order valence-corrected chi connectivity index (χ1v) is 8.79. The molecular formula is C19H25NO4. The number of imide groups is 1. The number of nitrogens with zero attached hydrogens (tertiary/aromatic N) is 1. The quantitative estimate of drug-likeness (QED) is 0.812. The fourth-order valence-corrected chi connectivity index (χ4v) is 3.80. The molecule has 1 spiro atoms. The van der Waals surface area contributed by atoms with E-state index in [4.69, 9.17) is 4.74 Å². The highest BCUT2D eigenvalue weighted by atomic mass is 16.5. The van der Waals surface area contributed by atoms with Crippen LogP contribution in [0, 0.1) is 5.41 Å². The van der Waals surface area contributed by atoms with Gasteiger partial charge in [-0.1, -0.05) is 31.9 Å². The van der Waals surface area contributed by atoms with Gasteiger partial charge in [0, 0.05) is 6.42 Å². The summed E-state index contributed by atoms with van der Waals surface area (Å²) in [6, 6.07) is 7.71. The molecule has 1 saturated heterocycles. The Morgan fingerprint density at radius 2 is 2.04 bits per heavy atom. The maximum absolute atomic E-state index is 12.6. The lowest BCUT2D eigenvalue weighted by molar-refractivity contribution is -0.143. The minimum absolute atomic E-state index is 0.0207. The number of rotatable bonds is 6. The Labute approximate surface area is 142 Å². The molecule has 1 aromatic rings. The van der Waals surface area contributed by atoms with E-state index in [9.17, 15) is 14.7 Å². The average molecular weight is 331 g/mol. The van der Waals surface area contributed by atoms with Gasteiger partial charge in [-0.2, -0.15) is 0 Å². The lowest BCUT2D eigenvalue weighted by Crippen LogP contribution is -2.41. The van der Waals surface area contributed by atoms with Crippen molar-refractivity contribution in [3.8, 4) is 5.75 Å². The molecule has 1 aliphatic heterocycles. The molecule has 3 rings (SSSR count). The SMILES string of the molecule is CCc1cccc(OC[C@@H](O)CN2C(=O)CC3(CCCC3)C2=O)c1. The van der Waals surface area contributed by atoms with Crippen LogP contribution in [0.4, 0.5) is 0 Å². The van der Waals surface area contributed by atoms with E-state index in [0.29, 0.717) is 12.2 Å². The Hall–Kier alpha value is -1.88. The van der Waals surface area contributed by atoms with E-state index in [2.05, 4.69) is 6.92 Å². The predicted molar refractivity (Wildman–Crippen MR) is 89.6 cm³/mol. The molecule has 24 heavy (non-hydrogen) atoms. The first kappa shape index (κ1) is 17.0. The third-order valence-corrected chi connectivity index (χ3v) is 5.19. The normalized spacial score (nSPS) is 20.8. The summed E-state index contributed by atoms with van der Waals surface area (Å²) in [5, 5.41) is 10.2. The monoisotopic (exact) mass is 331 g/mol. The summed E-state index contributed by atoms with van der Waals surface area (Å²) in [7, 11) is 0. The van der Waals surface area contributed by atoms with Crippen LogP contribution in [0.5, 0.6) is 5.75 Å². The van der Waals surface area contributed by atoms with Gasteiger partial charge in [-0.05, 0) is 37.0 Å². The molecule has 130 valence electrons. The molecule has 2 fully saturated rings. The van der Waals surface area contributed by atoms with E-state index >= 15 is 0 Å². The molecule has 0 aromatic heterocycles. The third-order valence-electron chi connectivity index (χ3n) is 5.19. The van der Waals surface area contributed by atoms with E-state index in [-0.39, 0.29) is 25.0 Å². The van der Waals surface area contributed by atoms with Crippen LogP contribution in [0.3, 0.4) is 0 Å². The number of carbonyl (C=O) groups is 2. The number of hydrogen-bond acceptors (Lipinski definition) is 4. The number of aliphatic hydroxyl groups is 1. The number of benzene rings is 1. The topological polar surface area (TPSA) is 66.8 Å². The van der Waals surface area contributed by atoms with Crippen LogP contribution in [-0.4, -0.2) is 41.1 Å². The van der Waals surface area contributed by atoms with Gasteiger partial charge in [0.2, 0.25) is 11.8 Å². The Bertz CT molecular complexity index is 622. The van der Waals surface area contributed by atoms with Crippen LogP contribution in [-0.2, 0) is 16.0 Å². The van der Waals surface area contributed by atoms with Crippen molar-refractivity contribution >= 4 is 11.8 Å². The number of β-amino-alcohol motifs (C(OH)–C–C–N with tert-alkyl or cyclic N) is 1. The molecular weight excluding hydrogens is 306 g/mol. The van der Waals surface area contributed by atoms with Crippen LogP contribution < -0.4 is 4.74 Å². The van der Waals surface area contributed by atoms with Crippen LogP contribution in [0.25, 0.3) is 0 Å². The summed E-state index contributed by atoms with van der Waals surface area (Å²) in [6.45, 7) is 2.15. The Morgan fingerprint density at radius 1 is 1.29 bits per heavy atom. The zero-order valence-corrected chi connectivity index (χ0v) is 14.2. The standard InChI is InChI=1S/C19H25NO4/c1-2-14-6-5-7-16(10-14)24-13-15(21)12-20-17(22)11-19(18(20)23)8-3-4-9-19/h5-7,10,15,21H,2-4,8-9,11-13H2,1H3/t15-/m0/s1. The molecule has 1 aliphatic carbocycles. The maximum atomic E-state index is 12.6. The van der Waals surface area contributed by atoms with Crippen molar-refractivity contribution in [2.24, 2.45) is 5.41 Å². The molecule has 1 atom stereocenters. The number of hydrogen-bond donors (Lipinski definition) is 1. The Morgan fingerprint density at radius 3 is 2.75 bits per heavy atom. The van der Waals surface area contributed by atoms with Crippen LogP contribution >= 0.6 is 0 Å². The summed E-state index contributed by atoms with van der Waals surface area (Å²) < 4.78 is 5.61. The highest BCUT2D eigenvalue weighted by molar-refractivity contribution is 6.06. The summed E-state index contributed by atoms with van der Waals surface area (Å²) in [5.74, 6) is 0.436. The zero-order chi connectivity index (χ0) is 17.2. The van der Waals surface area contributed by atoms with E-state index in [1.807, 2.05) is 24.3 Å². The molecule has 2 amide bonds. The number of carbonyl (C=O) groups excluding carboxylic acids is 2. The van der Waals surface area contributed by atoms with Crippen molar-refractivity contribution in [2.75, 3.05) is 13.2 Å². The largest absolute Gasteiger partial charge is 0.491 e. The van der Waals surface area contributed by atoms with Gasteiger partial charge in [-0.25, -0.2) is 0 Å². The molecule has 1 N–H and O–H groups in total. The number of aliphatic hydroxyl groups excluding tert-OH is 1. The van der Waals surface area contributed by atoms with E-state index in [0.717, 1.165) is 37.7 Å². The van der Waals surface area contributed by atoms with E-state index < -0.39 is 11.5 Å². The second-order valence-corrected chi connectivity index (χ2v) is 6.94. The summed E-state index contributed by atoms with van der Waals surface area (Å²) in [4.78, 5) is 26.0. The van der Waals surface area contributed by atoms with Crippen molar-refractivity contribution in [2.45, 2.75) is 51.6 Å². The van der Waals surface area contributed by atoms with Gasteiger partial charge in [0.1, 0.15) is 18.5 Å². The number of amides is 2. The number of ether oxygens (including phenoxy) is 1. The molecule has 0 unspecified atom stereocenters. The van der Waals surface area contributed by atoms with Crippen LogP contribution in [0.1, 0.15) is 44.6 Å². The van der Waals surface area contributed by atoms with Crippen molar-refractivity contribution in [3.63, 3.8) is 0 Å². The molecule has 5 nitrogen and oxygen atoms in total. The Balaban J connectivity index is 1.55. The maximum Gasteiger partial charge on any atom is 0.235 e. The van der Waals surface area contributed by atoms with E-state index in [1.165, 1.54) is 4.90 Å². The lowest BCUT2D eigenvalue weighted by Gasteiger charge is -2.23. The third kappa shape index (κ3) is 3.31. The lowest BCUT2D eigenvalue weighted by atomic mass is 9.84. The summed E-state index contributed by atoms with van der Waals surface area (Å²) in [6.07, 6.45) is 3.95. The molecule has 5 heteroatoms. The highest BCUT2D eigenvalue weighted by Crippen LogP contribution is 2.46. The fraction of sp³-hybridized carbons (Fsp3) is 0.579. The van der Waals surface area contributed by atoms with Gasteiger partial charge in [0.15, 0.2) is 0 Å². The van der Waals surface area contributed by atoms with Gasteiger partial charge in [0.05, 0.1) is 12.0 Å². The molecule has 1 heterocycles. The minimum Gasteiger partial charge on any atom is -0.491 e. The Kier molecular flexibility index (Phi) is 4.90. The highest BCUT2D eigenvalue weighted by Gasteiger charge is 2.52. The van der Waals surface area contributed by atoms with Crippen molar-refractivity contribution in [1.82, 2.24) is 4.90 Å². The predicted octanol–water partition coefficient (Wildman–Crippen LogP) is 2.31. The first-order valence-electron chi connectivity index (χ1n) is 8.79. The molecule has 0 radical (unpaired) electrons. The summed E-state index contributed by atoms with van der Waals surface area (Å²) in [5.41, 5.74) is 0.683. The fourth-order valence-electron chi connectivity index (χ4n) is 3.80. The molecule has 0 bridgehead atoms. The minimum atomic E-state index is -0.875. The molecule has 2 aliphatic rings. The van der Waals surface area contributed by atoms with Crippen LogP contribution in [0.15, 0.2) is 24.3 Å². The molecule has 1 aromatic carbocycles. The van der Waals surface area contributed by atoms with Crippen molar-refractivity contribution in [1.29, 1.82) is 0 Å². The van der Waals surface area contributed by atoms with E-state index in [1.54, 1.807) is 0 Å².